The minimum absolute atomic E-state index is 0.109. The Balaban J connectivity index is 1.81. The molecule has 0 aliphatic rings. The van der Waals surface area contributed by atoms with Gasteiger partial charge in [0.25, 0.3) is 11.6 Å². The first-order chi connectivity index (χ1) is 20.4. The number of rotatable bonds is 11. The van der Waals surface area contributed by atoms with Crippen LogP contribution < -0.4 is 21.3 Å². The number of nitrogens with zero attached hydrogens (tertiary/aromatic N) is 1. The quantitative estimate of drug-likeness (QED) is 0.150. The second kappa shape index (κ2) is 14.9. The third-order valence-electron chi connectivity index (χ3n) is 5.67. The number of nitro benzene ring substituents is 1. The molecule has 3 aromatic rings. The summed E-state index contributed by atoms with van der Waals surface area (Å²) in [6.45, 7) is 4.58. The molecule has 4 N–H and O–H groups in total. The normalized spacial score (nSPS) is 11.9. The number of nitrogens with one attached hydrogen (secondary N) is 4. The van der Waals surface area contributed by atoms with Crippen LogP contribution in [0, 0.1) is 10.1 Å². The average molecular weight is 588 g/mol. The van der Waals surface area contributed by atoms with Crippen LogP contribution in [0.15, 0.2) is 90.6 Å². The lowest BCUT2D eigenvalue weighted by Gasteiger charge is -2.21. The van der Waals surface area contributed by atoms with Gasteiger partial charge in [-0.05, 0) is 50.1 Å². The van der Waals surface area contributed by atoms with Crippen LogP contribution in [-0.4, -0.2) is 46.9 Å². The summed E-state index contributed by atoms with van der Waals surface area (Å²) in [5.74, 6) is -2.03. The number of hydrogen-bond acceptors (Lipinski definition) is 7. The fourth-order valence-electron chi connectivity index (χ4n) is 3.73. The highest BCUT2D eigenvalue weighted by Crippen LogP contribution is 2.16. The summed E-state index contributed by atoms with van der Waals surface area (Å²) in [5, 5.41) is 21.2. The summed E-state index contributed by atoms with van der Waals surface area (Å²) in [7, 11) is 0. The minimum atomic E-state index is -1.10. The summed E-state index contributed by atoms with van der Waals surface area (Å²) >= 11 is 0. The van der Waals surface area contributed by atoms with E-state index in [1.54, 1.807) is 75.4 Å². The monoisotopic (exact) mass is 587 g/mol. The van der Waals surface area contributed by atoms with Gasteiger partial charge in [-0.3, -0.25) is 24.5 Å². The van der Waals surface area contributed by atoms with Crippen LogP contribution >= 0.6 is 0 Å². The number of benzene rings is 3. The molecule has 0 saturated heterocycles. The third kappa shape index (κ3) is 11.1. The van der Waals surface area contributed by atoms with Crippen molar-refractivity contribution in [3.8, 4) is 0 Å². The van der Waals surface area contributed by atoms with Gasteiger partial charge in [-0.15, -0.1) is 0 Å². The van der Waals surface area contributed by atoms with Gasteiger partial charge >= 0.3 is 6.09 Å². The van der Waals surface area contributed by atoms with E-state index in [0.717, 1.165) is 5.56 Å². The summed E-state index contributed by atoms with van der Waals surface area (Å²) in [6, 6.07) is 21.9. The fourth-order valence-corrected chi connectivity index (χ4v) is 3.73. The van der Waals surface area contributed by atoms with Gasteiger partial charge in [-0.25, -0.2) is 4.79 Å². The maximum atomic E-state index is 13.5. The number of ether oxygens (including phenoxy) is 1. The maximum Gasteiger partial charge on any atom is 0.408 e. The number of amides is 4. The first-order valence-electron chi connectivity index (χ1n) is 13.3. The first-order valence-corrected chi connectivity index (χ1v) is 13.3. The van der Waals surface area contributed by atoms with Gasteiger partial charge in [0.05, 0.1) is 4.92 Å². The van der Waals surface area contributed by atoms with Crippen molar-refractivity contribution in [1.82, 2.24) is 16.0 Å². The third-order valence-corrected chi connectivity index (χ3v) is 5.67. The van der Waals surface area contributed by atoms with Gasteiger partial charge in [0.2, 0.25) is 11.8 Å². The van der Waals surface area contributed by atoms with Gasteiger partial charge in [0, 0.05) is 24.2 Å². The molecule has 3 rings (SSSR count). The Morgan fingerprint density at radius 1 is 0.907 bits per heavy atom. The topological polar surface area (TPSA) is 169 Å². The highest BCUT2D eigenvalue weighted by Gasteiger charge is 2.25. The van der Waals surface area contributed by atoms with Crippen LogP contribution in [0.3, 0.4) is 0 Å². The highest BCUT2D eigenvalue weighted by atomic mass is 16.6. The van der Waals surface area contributed by atoms with Crippen molar-refractivity contribution >= 4 is 41.3 Å². The molecule has 1 atom stereocenters. The van der Waals surface area contributed by atoms with Gasteiger partial charge in [-0.1, -0.05) is 60.7 Å². The lowest BCUT2D eigenvalue weighted by Crippen LogP contribution is -2.48. The van der Waals surface area contributed by atoms with Gasteiger partial charge in [0.1, 0.15) is 23.9 Å². The van der Waals surface area contributed by atoms with Crippen molar-refractivity contribution < 1.29 is 28.8 Å². The molecule has 3 aromatic carbocycles. The van der Waals surface area contributed by atoms with E-state index in [1.807, 2.05) is 6.07 Å². The average Bonchev–Trinajstić information content (AvgIpc) is 2.96. The molecule has 0 aliphatic carbocycles. The van der Waals surface area contributed by atoms with E-state index in [9.17, 15) is 29.3 Å². The number of nitro groups is 1. The fraction of sp³-hybridized carbons (Fsp3) is 0.226. The molecule has 4 amide bonds. The Bertz CT molecular complexity index is 1470. The molecule has 43 heavy (non-hydrogen) atoms. The molecule has 0 aromatic heterocycles. The SMILES string of the molecule is CC(C)(C)OC(=O)NCC(=O)N/C(=C/c1ccccc1)C(=O)N[C@@H](Cc1ccccc1)C(=O)Nc1ccc([N+](=O)[O-])cc1. The van der Waals surface area contributed by atoms with Gasteiger partial charge < -0.3 is 26.0 Å². The first kappa shape index (κ1) is 32.0. The Hall–Kier alpha value is -5.52. The summed E-state index contributed by atoms with van der Waals surface area (Å²) in [6.07, 6.45) is 0.749. The number of hydrogen-bond donors (Lipinski definition) is 4. The van der Waals surface area contributed by atoms with E-state index in [4.69, 9.17) is 4.74 Å². The Morgan fingerprint density at radius 2 is 1.51 bits per heavy atom. The lowest BCUT2D eigenvalue weighted by molar-refractivity contribution is -0.384. The van der Waals surface area contributed by atoms with Crippen LogP contribution in [0.4, 0.5) is 16.2 Å². The largest absolute Gasteiger partial charge is 0.444 e. The van der Waals surface area contributed by atoms with E-state index in [1.165, 1.54) is 30.3 Å². The molecular weight excluding hydrogens is 554 g/mol. The molecule has 0 bridgehead atoms. The molecule has 0 unspecified atom stereocenters. The van der Waals surface area contributed by atoms with Gasteiger partial charge in [-0.2, -0.15) is 0 Å². The summed E-state index contributed by atoms with van der Waals surface area (Å²) in [4.78, 5) is 62.0. The number of anilines is 1. The molecule has 12 heteroatoms. The van der Waals surface area contributed by atoms with Crippen molar-refractivity contribution in [2.45, 2.75) is 38.8 Å². The molecule has 12 nitrogen and oxygen atoms in total. The minimum Gasteiger partial charge on any atom is -0.444 e. The Kier molecular flexibility index (Phi) is 11.1. The standard InChI is InChI=1S/C31H33N5O7/c1-31(2,3)43-30(40)32-20-27(37)34-25(18-21-10-6-4-7-11-21)29(39)35-26(19-22-12-8-5-9-13-22)28(38)33-23-14-16-24(17-15-23)36(41)42/h4-18,26H,19-20H2,1-3H3,(H,32,40)(H,33,38)(H,34,37)(H,35,39)/b25-18+/t26-/m0/s1. The molecule has 0 saturated carbocycles. The molecule has 0 heterocycles. The number of non-ortho nitro benzene ring substituents is 1. The lowest BCUT2D eigenvalue weighted by atomic mass is 10.0. The van der Waals surface area contributed by atoms with E-state index < -0.39 is 46.9 Å². The van der Waals surface area contributed by atoms with E-state index in [2.05, 4.69) is 21.3 Å². The number of carbonyl (C=O) groups is 4. The maximum absolute atomic E-state index is 13.5. The zero-order chi connectivity index (χ0) is 31.4. The number of alkyl carbamates (subject to hydrolysis) is 1. The highest BCUT2D eigenvalue weighted by molar-refractivity contribution is 6.05. The van der Waals surface area contributed by atoms with Crippen molar-refractivity contribution in [3.05, 3.63) is 112 Å². The second-order valence-electron chi connectivity index (χ2n) is 10.4. The van der Waals surface area contributed by atoms with Crippen LogP contribution in [-0.2, 0) is 25.5 Å². The molecule has 0 spiro atoms. The molecule has 0 radical (unpaired) electrons. The summed E-state index contributed by atoms with van der Waals surface area (Å²) in [5.41, 5.74) is 0.586. The predicted molar refractivity (Wildman–Crippen MR) is 161 cm³/mol. The summed E-state index contributed by atoms with van der Waals surface area (Å²) < 4.78 is 5.14. The van der Waals surface area contributed by atoms with Crippen molar-refractivity contribution in [2.75, 3.05) is 11.9 Å². The van der Waals surface area contributed by atoms with E-state index >= 15 is 0 Å². The molecular formula is C31H33N5O7. The van der Waals surface area contributed by atoms with Gasteiger partial charge in [0.15, 0.2) is 0 Å². The second-order valence-corrected chi connectivity index (χ2v) is 10.4. The zero-order valence-electron chi connectivity index (χ0n) is 24.0. The molecule has 224 valence electrons. The molecule has 0 fully saturated rings. The van der Waals surface area contributed by atoms with E-state index in [0.29, 0.717) is 11.3 Å². The van der Waals surface area contributed by atoms with Crippen LogP contribution in [0.5, 0.6) is 0 Å². The van der Waals surface area contributed by atoms with Crippen molar-refractivity contribution in [3.63, 3.8) is 0 Å². The zero-order valence-corrected chi connectivity index (χ0v) is 24.0. The number of carbonyl (C=O) groups excluding carboxylic acids is 4. The van der Waals surface area contributed by atoms with Crippen molar-refractivity contribution in [2.24, 2.45) is 0 Å². The molecule has 0 aliphatic heterocycles. The van der Waals surface area contributed by atoms with Crippen LogP contribution in [0.25, 0.3) is 6.08 Å². The Labute approximate surface area is 248 Å². The smallest absolute Gasteiger partial charge is 0.408 e. The predicted octanol–water partition coefficient (Wildman–Crippen LogP) is 3.94. The van der Waals surface area contributed by atoms with Crippen LogP contribution in [0.2, 0.25) is 0 Å². The van der Waals surface area contributed by atoms with E-state index in [-0.39, 0.29) is 17.8 Å². The Morgan fingerprint density at radius 3 is 2.09 bits per heavy atom. The van der Waals surface area contributed by atoms with Crippen molar-refractivity contribution in [1.29, 1.82) is 0 Å². The van der Waals surface area contributed by atoms with Crippen LogP contribution in [0.1, 0.15) is 31.9 Å².